The summed E-state index contributed by atoms with van der Waals surface area (Å²) in [7, 11) is 3.84. The Hall–Kier alpha value is -1.37. The van der Waals surface area contributed by atoms with E-state index in [2.05, 4.69) is 73.6 Å². The van der Waals surface area contributed by atoms with Gasteiger partial charge in [0.2, 0.25) is 0 Å². The van der Waals surface area contributed by atoms with E-state index in [-0.39, 0.29) is 12.1 Å². The van der Waals surface area contributed by atoms with Gasteiger partial charge < -0.3 is 15.0 Å². The summed E-state index contributed by atoms with van der Waals surface area (Å²) in [6, 6.07) is 13.5. The first-order valence-electron chi connectivity index (χ1n) is 10.8. The standard InChI is InChI=1S/C15H20BrNO2.C10H12BrN/c1-15(2,3)19-14(18)17(4)13-8-6-10-5-7-11(16)9-12(10)13;1-12-10-5-3-7-2-4-8(11)6-9(7)10/h5,7,9,13H,6,8H2,1-4H3;2,4,6,10,12H,3,5H2,1H3/t13-;10-/m11/s1. The number of nitrogens with one attached hydrogen (secondary N) is 1. The second-order valence-corrected chi connectivity index (χ2v) is 11.0. The van der Waals surface area contributed by atoms with Crippen LogP contribution in [0.25, 0.3) is 0 Å². The Kier molecular flexibility index (Phi) is 7.87. The van der Waals surface area contributed by atoms with Crippen molar-refractivity contribution in [1.82, 2.24) is 10.2 Å². The molecule has 1 N–H and O–H groups in total. The first-order valence-corrected chi connectivity index (χ1v) is 12.4. The van der Waals surface area contributed by atoms with Crippen LogP contribution >= 0.6 is 31.9 Å². The summed E-state index contributed by atoms with van der Waals surface area (Å²) in [4.78, 5) is 13.8. The Morgan fingerprint density at radius 3 is 2.13 bits per heavy atom. The Morgan fingerprint density at radius 2 is 1.55 bits per heavy atom. The number of hydrogen-bond donors (Lipinski definition) is 1. The van der Waals surface area contributed by atoms with Crippen molar-refractivity contribution in [3.05, 3.63) is 67.6 Å². The zero-order valence-corrected chi connectivity index (χ0v) is 22.1. The van der Waals surface area contributed by atoms with Crippen molar-refractivity contribution in [2.45, 2.75) is 64.1 Å². The van der Waals surface area contributed by atoms with Gasteiger partial charge in [0.05, 0.1) is 6.04 Å². The molecule has 0 bridgehead atoms. The number of amides is 1. The molecular weight excluding hydrogens is 520 g/mol. The van der Waals surface area contributed by atoms with Crippen LogP contribution in [0, 0.1) is 0 Å². The molecule has 168 valence electrons. The number of carbonyl (C=O) groups is 1. The van der Waals surface area contributed by atoms with Crippen LogP contribution in [0.2, 0.25) is 0 Å². The summed E-state index contributed by atoms with van der Waals surface area (Å²) in [5.74, 6) is 0. The number of ether oxygens (including phenoxy) is 1. The van der Waals surface area contributed by atoms with Gasteiger partial charge in [0.15, 0.2) is 0 Å². The third-order valence-electron chi connectivity index (χ3n) is 5.84. The van der Waals surface area contributed by atoms with Gasteiger partial charge in [-0.25, -0.2) is 4.79 Å². The van der Waals surface area contributed by atoms with Gasteiger partial charge in [-0.15, -0.1) is 0 Å². The van der Waals surface area contributed by atoms with E-state index in [0.717, 1.165) is 17.3 Å². The van der Waals surface area contributed by atoms with Gasteiger partial charge in [-0.1, -0.05) is 44.0 Å². The lowest BCUT2D eigenvalue weighted by Crippen LogP contribution is -2.36. The first kappa shape index (κ1) is 24.3. The quantitative estimate of drug-likeness (QED) is 0.438. The number of benzene rings is 2. The summed E-state index contributed by atoms with van der Waals surface area (Å²) in [6.07, 6.45) is 4.17. The number of hydrogen-bond acceptors (Lipinski definition) is 3. The van der Waals surface area contributed by atoms with Crippen molar-refractivity contribution < 1.29 is 9.53 Å². The van der Waals surface area contributed by atoms with E-state index in [1.54, 1.807) is 4.90 Å². The molecule has 0 spiro atoms. The summed E-state index contributed by atoms with van der Waals surface area (Å²) < 4.78 is 7.67. The van der Waals surface area contributed by atoms with Gasteiger partial charge in [-0.3, -0.25) is 0 Å². The summed E-state index contributed by atoms with van der Waals surface area (Å²) >= 11 is 6.99. The molecule has 0 fully saturated rings. The van der Waals surface area contributed by atoms with E-state index in [4.69, 9.17) is 4.74 Å². The van der Waals surface area contributed by atoms with Crippen LogP contribution < -0.4 is 5.32 Å². The smallest absolute Gasteiger partial charge is 0.410 e. The largest absolute Gasteiger partial charge is 0.444 e. The van der Waals surface area contributed by atoms with Crippen LogP contribution in [0.1, 0.15) is 68.0 Å². The molecule has 0 saturated heterocycles. The molecule has 2 aromatic carbocycles. The fraction of sp³-hybridized carbons (Fsp3) is 0.480. The topological polar surface area (TPSA) is 41.6 Å². The predicted molar refractivity (Wildman–Crippen MR) is 133 cm³/mol. The van der Waals surface area contributed by atoms with E-state index in [0.29, 0.717) is 6.04 Å². The van der Waals surface area contributed by atoms with Gasteiger partial charge in [0.25, 0.3) is 0 Å². The number of aryl methyl sites for hydroxylation is 2. The van der Waals surface area contributed by atoms with Crippen molar-refractivity contribution in [2.75, 3.05) is 14.1 Å². The molecule has 0 aliphatic heterocycles. The summed E-state index contributed by atoms with van der Waals surface area (Å²) in [5.41, 5.74) is 5.06. The second-order valence-electron chi connectivity index (χ2n) is 9.21. The van der Waals surface area contributed by atoms with Crippen LogP contribution in [-0.2, 0) is 17.6 Å². The van der Waals surface area contributed by atoms with Crippen molar-refractivity contribution in [3.8, 4) is 0 Å². The van der Waals surface area contributed by atoms with Gasteiger partial charge in [-0.2, -0.15) is 0 Å². The molecule has 0 aromatic heterocycles. The van der Waals surface area contributed by atoms with Crippen LogP contribution in [-0.4, -0.2) is 30.7 Å². The Labute approximate surface area is 203 Å². The maximum atomic E-state index is 12.1. The van der Waals surface area contributed by atoms with Crippen LogP contribution in [0.5, 0.6) is 0 Å². The molecule has 2 aromatic rings. The SMILES string of the molecule is CN(C(=O)OC(C)(C)C)[C@@H]1CCc2ccc(Br)cc21.CN[C@@H]1CCc2ccc(Br)cc21. The molecule has 4 rings (SSSR count). The zero-order valence-electron chi connectivity index (χ0n) is 19.0. The molecule has 31 heavy (non-hydrogen) atoms. The highest BCUT2D eigenvalue weighted by molar-refractivity contribution is 9.10. The summed E-state index contributed by atoms with van der Waals surface area (Å²) in [6.45, 7) is 5.66. The molecular formula is C25H32Br2N2O2. The predicted octanol–water partition coefficient (Wildman–Crippen LogP) is 6.96. The minimum atomic E-state index is -0.454. The third kappa shape index (κ3) is 6.11. The van der Waals surface area contributed by atoms with Crippen LogP contribution in [0.4, 0.5) is 4.79 Å². The van der Waals surface area contributed by atoms with Crippen molar-refractivity contribution in [1.29, 1.82) is 0 Å². The monoisotopic (exact) mass is 550 g/mol. The van der Waals surface area contributed by atoms with E-state index in [1.165, 1.54) is 39.6 Å². The summed E-state index contributed by atoms with van der Waals surface area (Å²) in [5, 5.41) is 3.33. The maximum absolute atomic E-state index is 12.1. The normalized spacial score (nSPS) is 19.2. The number of fused-ring (bicyclic) bond motifs is 2. The highest BCUT2D eigenvalue weighted by atomic mass is 79.9. The Bertz CT molecular complexity index is 940. The van der Waals surface area contributed by atoms with Crippen molar-refractivity contribution >= 4 is 38.0 Å². The molecule has 0 heterocycles. The fourth-order valence-corrected chi connectivity index (χ4v) is 5.05. The fourth-order valence-electron chi connectivity index (χ4n) is 4.29. The second kappa shape index (κ2) is 10.1. The van der Waals surface area contributed by atoms with Crippen molar-refractivity contribution in [2.24, 2.45) is 0 Å². The lowest BCUT2D eigenvalue weighted by atomic mass is 10.1. The van der Waals surface area contributed by atoms with Gasteiger partial charge in [0, 0.05) is 22.0 Å². The van der Waals surface area contributed by atoms with E-state index in [9.17, 15) is 4.79 Å². The average Bonchev–Trinajstić information content (AvgIpc) is 3.29. The number of carbonyl (C=O) groups excluding carboxylic acids is 1. The number of halogens is 2. The Morgan fingerprint density at radius 1 is 1.00 bits per heavy atom. The minimum absolute atomic E-state index is 0.113. The molecule has 0 radical (unpaired) electrons. The third-order valence-corrected chi connectivity index (χ3v) is 6.82. The van der Waals surface area contributed by atoms with E-state index < -0.39 is 5.60 Å². The molecule has 2 aliphatic carbocycles. The van der Waals surface area contributed by atoms with Gasteiger partial charge in [0.1, 0.15) is 5.60 Å². The van der Waals surface area contributed by atoms with E-state index >= 15 is 0 Å². The maximum Gasteiger partial charge on any atom is 0.410 e. The molecule has 4 nitrogen and oxygen atoms in total. The average molecular weight is 552 g/mol. The molecule has 6 heteroatoms. The minimum Gasteiger partial charge on any atom is -0.444 e. The zero-order chi connectivity index (χ0) is 22.8. The molecule has 0 saturated carbocycles. The number of nitrogens with zero attached hydrogens (tertiary/aromatic N) is 1. The number of rotatable bonds is 2. The molecule has 0 unspecified atom stereocenters. The molecule has 1 amide bonds. The molecule has 2 aliphatic rings. The molecule has 2 atom stereocenters. The van der Waals surface area contributed by atoms with Crippen LogP contribution in [0.15, 0.2) is 45.3 Å². The Balaban J connectivity index is 0.000000194. The van der Waals surface area contributed by atoms with Crippen molar-refractivity contribution in [3.63, 3.8) is 0 Å². The lowest BCUT2D eigenvalue weighted by Gasteiger charge is -2.29. The lowest BCUT2D eigenvalue weighted by molar-refractivity contribution is 0.0220. The van der Waals surface area contributed by atoms with Crippen LogP contribution in [0.3, 0.4) is 0 Å². The highest BCUT2D eigenvalue weighted by Gasteiger charge is 2.31. The first-order chi connectivity index (χ1) is 14.6. The van der Waals surface area contributed by atoms with E-state index in [1.807, 2.05) is 34.9 Å². The van der Waals surface area contributed by atoms with Gasteiger partial charge >= 0.3 is 6.09 Å². The highest BCUT2D eigenvalue weighted by Crippen LogP contribution is 2.37. The van der Waals surface area contributed by atoms with Gasteiger partial charge in [-0.05, 0) is 100 Å².